The fourth-order valence-corrected chi connectivity index (χ4v) is 4.68. The van der Waals surface area contributed by atoms with Crippen molar-refractivity contribution in [3.8, 4) is 11.1 Å². The lowest BCUT2D eigenvalue weighted by atomic mass is 9.94. The topological polar surface area (TPSA) is 75.6 Å². The van der Waals surface area contributed by atoms with E-state index in [2.05, 4.69) is 17.4 Å². The molecule has 2 aromatic carbocycles. The van der Waals surface area contributed by atoms with Gasteiger partial charge in [0.05, 0.1) is 0 Å². The minimum Gasteiger partial charge on any atom is -0.479 e. The summed E-state index contributed by atoms with van der Waals surface area (Å²) in [5.74, 6) is -1.70. The van der Waals surface area contributed by atoms with Gasteiger partial charge in [0.1, 0.15) is 6.61 Å². The molecule has 5 heteroatoms. The minimum absolute atomic E-state index is 0.0615. The average molecular weight is 349 g/mol. The van der Waals surface area contributed by atoms with Crippen LogP contribution < -0.4 is 5.32 Å². The number of ether oxygens (including phenoxy) is 1. The smallest absolute Gasteiger partial charge is 0.338 e. The largest absolute Gasteiger partial charge is 0.479 e. The first-order valence-electron chi connectivity index (χ1n) is 8.97. The average Bonchev–Trinajstić information content (AvgIpc) is 3.23. The highest BCUT2D eigenvalue weighted by atomic mass is 16.5. The van der Waals surface area contributed by atoms with Crippen molar-refractivity contribution in [2.45, 2.75) is 17.9 Å². The van der Waals surface area contributed by atoms with Crippen molar-refractivity contribution < 1.29 is 19.4 Å². The number of carbonyl (C=O) groups excluding carboxylic acids is 1. The van der Waals surface area contributed by atoms with Crippen LogP contribution in [0.1, 0.15) is 23.5 Å². The second-order valence-corrected chi connectivity index (χ2v) is 7.42. The van der Waals surface area contributed by atoms with Gasteiger partial charge in [0.15, 0.2) is 0 Å². The zero-order valence-electron chi connectivity index (χ0n) is 14.1. The molecular weight excluding hydrogens is 330 g/mol. The normalized spacial score (nSPS) is 28.2. The van der Waals surface area contributed by atoms with Crippen LogP contribution in [0.5, 0.6) is 0 Å². The molecule has 0 spiro atoms. The van der Waals surface area contributed by atoms with Gasteiger partial charge >= 0.3 is 11.9 Å². The SMILES string of the molecule is O=C(O)C1(C(=O)OCC2c3ccccc3-c3ccccc32)NC[C@@H]2C[C@H]21. The molecule has 2 fully saturated rings. The number of piperidine rings is 1. The van der Waals surface area contributed by atoms with E-state index in [0.29, 0.717) is 6.54 Å². The lowest BCUT2D eigenvalue weighted by molar-refractivity contribution is -0.163. The molecule has 1 saturated heterocycles. The van der Waals surface area contributed by atoms with Crippen molar-refractivity contribution in [2.24, 2.45) is 11.8 Å². The molecule has 0 bridgehead atoms. The number of carboxylic acid groups (broad SMARTS) is 1. The zero-order chi connectivity index (χ0) is 17.9. The van der Waals surface area contributed by atoms with Crippen LogP contribution in [-0.2, 0) is 14.3 Å². The highest BCUT2D eigenvalue weighted by Crippen LogP contribution is 2.52. The highest BCUT2D eigenvalue weighted by Gasteiger charge is 2.67. The molecule has 1 unspecified atom stereocenters. The lowest BCUT2D eigenvalue weighted by Gasteiger charge is -2.25. The van der Waals surface area contributed by atoms with Crippen LogP contribution >= 0.6 is 0 Å². The van der Waals surface area contributed by atoms with Crippen LogP contribution in [0.3, 0.4) is 0 Å². The molecule has 0 aromatic heterocycles. The molecule has 1 aliphatic heterocycles. The molecule has 5 rings (SSSR count). The van der Waals surface area contributed by atoms with Crippen LogP contribution in [0.2, 0.25) is 0 Å². The molecule has 2 aromatic rings. The van der Waals surface area contributed by atoms with Crippen LogP contribution in [0.25, 0.3) is 11.1 Å². The van der Waals surface area contributed by atoms with E-state index in [9.17, 15) is 14.7 Å². The van der Waals surface area contributed by atoms with Crippen molar-refractivity contribution in [3.05, 3.63) is 59.7 Å². The van der Waals surface area contributed by atoms with Gasteiger partial charge in [-0.1, -0.05) is 48.5 Å². The van der Waals surface area contributed by atoms with E-state index in [4.69, 9.17) is 4.74 Å². The monoisotopic (exact) mass is 349 g/mol. The van der Waals surface area contributed by atoms with Crippen molar-refractivity contribution in [1.82, 2.24) is 5.32 Å². The quantitative estimate of drug-likeness (QED) is 0.655. The van der Waals surface area contributed by atoms with Gasteiger partial charge < -0.3 is 9.84 Å². The molecule has 5 nitrogen and oxygen atoms in total. The lowest BCUT2D eigenvalue weighted by Crippen LogP contribution is -2.58. The summed E-state index contributed by atoms with van der Waals surface area (Å²) in [6, 6.07) is 16.2. The molecule has 1 saturated carbocycles. The molecule has 2 N–H and O–H groups in total. The summed E-state index contributed by atoms with van der Waals surface area (Å²) in [6.07, 6.45) is 0.781. The van der Waals surface area contributed by atoms with Crippen LogP contribution in [0, 0.1) is 11.8 Å². The van der Waals surface area contributed by atoms with Crippen LogP contribution in [-0.4, -0.2) is 35.7 Å². The van der Waals surface area contributed by atoms with E-state index < -0.39 is 17.5 Å². The standard InChI is InChI=1S/C21H19NO4/c23-19(24)21(18-9-12(18)10-22-21)20(25)26-11-17-15-7-3-1-5-13(15)14-6-2-4-8-16(14)17/h1-8,12,17-18,22H,9-11H2,(H,23,24)/t12-,18+,21?/m0/s1. The molecule has 1 heterocycles. The Kier molecular flexibility index (Phi) is 3.25. The van der Waals surface area contributed by atoms with Gasteiger partial charge in [0.2, 0.25) is 5.54 Å². The number of carboxylic acids is 1. The molecule has 26 heavy (non-hydrogen) atoms. The first-order valence-corrected chi connectivity index (χ1v) is 8.97. The van der Waals surface area contributed by atoms with Crippen molar-refractivity contribution >= 4 is 11.9 Å². The molecule has 132 valence electrons. The number of fused-ring (bicyclic) bond motifs is 4. The van der Waals surface area contributed by atoms with Gasteiger partial charge in [-0.15, -0.1) is 0 Å². The number of aliphatic carboxylic acids is 1. The summed E-state index contributed by atoms with van der Waals surface area (Å²) >= 11 is 0. The third-order valence-electron chi connectivity index (χ3n) is 6.12. The Balaban J connectivity index is 1.42. The van der Waals surface area contributed by atoms with Gasteiger partial charge in [0.25, 0.3) is 0 Å². The van der Waals surface area contributed by atoms with Gasteiger partial charge in [-0.05, 0) is 41.1 Å². The predicted octanol–water partition coefficient (Wildman–Crippen LogP) is 2.40. The van der Waals surface area contributed by atoms with E-state index in [-0.39, 0.29) is 24.4 Å². The Morgan fingerprint density at radius 3 is 2.19 bits per heavy atom. The van der Waals surface area contributed by atoms with Crippen molar-refractivity contribution in [1.29, 1.82) is 0 Å². The predicted molar refractivity (Wildman–Crippen MR) is 94.6 cm³/mol. The minimum atomic E-state index is -1.57. The van der Waals surface area contributed by atoms with E-state index in [1.165, 1.54) is 0 Å². The molecule has 3 atom stereocenters. The van der Waals surface area contributed by atoms with Crippen molar-refractivity contribution in [2.75, 3.05) is 13.2 Å². The molecule has 2 aliphatic carbocycles. The van der Waals surface area contributed by atoms with Crippen LogP contribution in [0.4, 0.5) is 0 Å². The molecule has 3 aliphatic rings. The fraction of sp³-hybridized carbons (Fsp3) is 0.333. The second kappa shape index (κ2) is 5.42. The zero-order valence-corrected chi connectivity index (χ0v) is 14.1. The van der Waals surface area contributed by atoms with E-state index >= 15 is 0 Å². The van der Waals surface area contributed by atoms with E-state index in [1.54, 1.807) is 0 Å². The highest BCUT2D eigenvalue weighted by molar-refractivity contribution is 6.05. The summed E-state index contributed by atoms with van der Waals surface area (Å²) < 4.78 is 5.60. The fourth-order valence-electron chi connectivity index (χ4n) is 4.68. The summed E-state index contributed by atoms with van der Waals surface area (Å²) in [5, 5.41) is 12.6. The second-order valence-electron chi connectivity index (χ2n) is 7.42. The molecule has 0 amide bonds. The molecular formula is C21H19NO4. The third-order valence-corrected chi connectivity index (χ3v) is 6.12. The number of rotatable bonds is 4. The first-order chi connectivity index (χ1) is 12.6. The number of hydrogen-bond acceptors (Lipinski definition) is 4. The van der Waals surface area contributed by atoms with Gasteiger partial charge in [0, 0.05) is 11.8 Å². The van der Waals surface area contributed by atoms with Crippen molar-refractivity contribution in [3.63, 3.8) is 0 Å². The maximum absolute atomic E-state index is 12.8. The number of hydrogen-bond donors (Lipinski definition) is 2. The van der Waals surface area contributed by atoms with Crippen LogP contribution in [0.15, 0.2) is 48.5 Å². The Morgan fingerprint density at radius 1 is 1.08 bits per heavy atom. The Bertz CT molecular complexity index is 878. The van der Waals surface area contributed by atoms with Gasteiger partial charge in [-0.2, -0.15) is 0 Å². The summed E-state index contributed by atoms with van der Waals surface area (Å²) in [5.41, 5.74) is 2.98. The Hall–Kier alpha value is -2.66. The number of benzene rings is 2. The number of esters is 1. The maximum atomic E-state index is 12.8. The Morgan fingerprint density at radius 2 is 1.69 bits per heavy atom. The van der Waals surface area contributed by atoms with Gasteiger partial charge in [-0.25, -0.2) is 9.59 Å². The number of carbonyl (C=O) groups is 2. The van der Waals surface area contributed by atoms with E-state index in [0.717, 1.165) is 28.7 Å². The first kappa shape index (κ1) is 15.6. The molecule has 0 radical (unpaired) electrons. The summed E-state index contributed by atoms with van der Waals surface area (Å²) in [6.45, 7) is 0.724. The van der Waals surface area contributed by atoms with Gasteiger partial charge in [-0.3, -0.25) is 5.32 Å². The third kappa shape index (κ3) is 2.01. The summed E-state index contributed by atoms with van der Waals surface area (Å²) in [4.78, 5) is 24.6. The summed E-state index contributed by atoms with van der Waals surface area (Å²) in [7, 11) is 0. The van der Waals surface area contributed by atoms with E-state index in [1.807, 2.05) is 36.4 Å². The number of nitrogens with one attached hydrogen (secondary N) is 1. The Labute approximate surface area is 151 Å². The maximum Gasteiger partial charge on any atom is 0.338 e.